The molecule has 0 amide bonds. The normalized spacial score (nSPS) is 10.8. The van der Waals surface area contributed by atoms with E-state index in [0.717, 1.165) is 11.1 Å². The summed E-state index contributed by atoms with van der Waals surface area (Å²) < 4.78 is 16.4. The number of nitrogen functional groups attached to an aromatic ring is 1. The van der Waals surface area contributed by atoms with Gasteiger partial charge in [-0.2, -0.15) is 0 Å². The molecule has 0 heterocycles. The first kappa shape index (κ1) is 19.8. The Morgan fingerprint density at radius 1 is 1.15 bits per heavy atom. The van der Waals surface area contributed by atoms with E-state index in [1.807, 2.05) is 30.3 Å². The Morgan fingerprint density at radius 3 is 2.52 bits per heavy atom. The molecule has 5 heteroatoms. The monoisotopic (exact) mass is 365 g/mol. The number of hydrogen-bond donors (Lipinski definition) is 1. The van der Waals surface area contributed by atoms with Gasteiger partial charge in [-0.3, -0.25) is 0 Å². The minimum absolute atomic E-state index is 0.161. The van der Waals surface area contributed by atoms with Gasteiger partial charge in [0.1, 0.15) is 13.2 Å². The van der Waals surface area contributed by atoms with Crippen molar-refractivity contribution in [3.05, 3.63) is 90.6 Å². The highest BCUT2D eigenvalue weighted by molar-refractivity contribution is 5.96. The van der Waals surface area contributed by atoms with Crippen LogP contribution in [-0.4, -0.2) is 19.7 Å². The lowest BCUT2D eigenvalue weighted by molar-refractivity contribution is 0.0473. The SMILES string of the molecule is C=C/C=C(\C=C)COc1cc(N)c(C(=O)OCc2ccccc2)cc1OC. The summed E-state index contributed by atoms with van der Waals surface area (Å²) in [5.41, 5.74) is 8.23. The fourth-order valence-corrected chi connectivity index (χ4v) is 2.31. The smallest absolute Gasteiger partial charge is 0.340 e. The standard InChI is InChI=1S/C22H23NO4/c1-4-9-16(5-2)14-26-21-13-19(23)18(12-20(21)25-3)22(24)27-15-17-10-7-6-8-11-17/h4-13H,1-2,14-15,23H2,3H3/b16-9+. The van der Waals surface area contributed by atoms with Crippen LogP contribution in [0.1, 0.15) is 15.9 Å². The lowest BCUT2D eigenvalue weighted by Gasteiger charge is -2.14. The fraction of sp³-hybridized carbons (Fsp3) is 0.136. The van der Waals surface area contributed by atoms with E-state index in [1.54, 1.807) is 24.3 Å². The van der Waals surface area contributed by atoms with Gasteiger partial charge in [0, 0.05) is 12.1 Å². The maximum absolute atomic E-state index is 12.4. The molecule has 0 aliphatic heterocycles. The molecule has 0 fully saturated rings. The van der Waals surface area contributed by atoms with E-state index in [-0.39, 0.29) is 24.5 Å². The predicted molar refractivity (Wildman–Crippen MR) is 107 cm³/mol. The van der Waals surface area contributed by atoms with Crippen molar-refractivity contribution in [2.45, 2.75) is 6.61 Å². The number of esters is 1. The number of ether oxygens (including phenoxy) is 3. The summed E-state index contributed by atoms with van der Waals surface area (Å²) in [5, 5.41) is 0. The Kier molecular flexibility index (Phi) is 7.26. The van der Waals surface area contributed by atoms with Gasteiger partial charge in [0.25, 0.3) is 0 Å². The molecule has 0 radical (unpaired) electrons. The second-order valence-electron chi connectivity index (χ2n) is 5.62. The minimum Gasteiger partial charge on any atom is -0.493 e. The maximum atomic E-state index is 12.4. The van der Waals surface area contributed by atoms with E-state index in [2.05, 4.69) is 13.2 Å². The summed E-state index contributed by atoms with van der Waals surface area (Å²) >= 11 is 0. The minimum atomic E-state index is -0.528. The highest BCUT2D eigenvalue weighted by Gasteiger charge is 2.17. The molecule has 0 spiro atoms. The van der Waals surface area contributed by atoms with Crippen molar-refractivity contribution in [3.8, 4) is 11.5 Å². The largest absolute Gasteiger partial charge is 0.493 e. The van der Waals surface area contributed by atoms with Crippen LogP contribution in [0, 0.1) is 0 Å². The summed E-state index contributed by atoms with van der Waals surface area (Å²) in [7, 11) is 1.49. The average Bonchev–Trinajstić information content (AvgIpc) is 2.70. The van der Waals surface area contributed by atoms with Gasteiger partial charge in [0.15, 0.2) is 11.5 Å². The third kappa shape index (κ3) is 5.51. The summed E-state index contributed by atoms with van der Waals surface area (Å²) in [6.07, 6.45) is 5.11. The van der Waals surface area contributed by atoms with Gasteiger partial charge >= 0.3 is 5.97 Å². The summed E-state index contributed by atoms with van der Waals surface area (Å²) in [4.78, 5) is 12.4. The Morgan fingerprint density at radius 2 is 1.89 bits per heavy atom. The highest BCUT2D eigenvalue weighted by atomic mass is 16.5. The zero-order valence-corrected chi connectivity index (χ0v) is 15.3. The molecular formula is C22H23NO4. The van der Waals surface area contributed by atoms with Crippen molar-refractivity contribution in [1.82, 2.24) is 0 Å². The first-order valence-electron chi connectivity index (χ1n) is 8.34. The topological polar surface area (TPSA) is 70.8 Å². The summed E-state index contributed by atoms with van der Waals surface area (Å²) in [6, 6.07) is 12.5. The van der Waals surface area contributed by atoms with Crippen molar-refractivity contribution in [1.29, 1.82) is 0 Å². The van der Waals surface area contributed by atoms with E-state index in [1.165, 1.54) is 13.2 Å². The van der Waals surface area contributed by atoms with Gasteiger partial charge in [-0.25, -0.2) is 4.79 Å². The van der Waals surface area contributed by atoms with Crippen molar-refractivity contribution in [2.24, 2.45) is 0 Å². The van der Waals surface area contributed by atoms with Crippen molar-refractivity contribution >= 4 is 11.7 Å². The van der Waals surface area contributed by atoms with Crippen LogP contribution in [0.4, 0.5) is 5.69 Å². The molecule has 0 bridgehead atoms. The third-order valence-electron chi connectivity index (χ3n) is 3.76. The van der Waals surface area contributed by atoms with Crippen molar-refractivity contribution < 1.29 is 19.0 Å². The number of carbonyl (C=O) groups excluding carboxylic acids is 1. The Hall–Kier alpha value is -3.47. The number of nitrogens with two attached hydrogens (primary N) is 1. The Bertz CT molecular complexity index is 841. The molecule has 0 aliphatic rings. The van der Waals surface area contributed by atoms with E-state index in [9.17, 15) is 4.79 Å². The van der Waals surface area contributed by atoms with E-state index < -0.39 is 5.97 Å². The zero-order chi connectivity index (χ0) is 19.6. The van der Waals surface area contributed by atoms with E-state index >= 15 is 0 Å². The fourth-order valence-electron chi connectivity index (χ4n) is 2.31. The van der Waals surface area contributed by atoms with Crippen LogP contribution in [0.3, 0.4) is 0 Å². The van der Waals surface area contributed by atoms with Gasteiger partial charge in [-0.1, -0.05) is 61.7 Å². The number of methoxy groups -OCH3 is 1. The number of carbonyl (C=O) groups is 1. The lowest BCUT2D eigenvalue weighted by Crippen LogP contribution is -2.10. The van der Waals surface area contributed by atoms with Crippen LogP contribution >= 0.6 is 0 Å². The van der Waals surface area contributed by atoms with Crippen LogP contribution in [0.5, 0.6) is 11.5 Å². The molecule has 0 aliphatic carbocycles. The molecular weight excluding hydrogens is 342 g/mol. The third-order valence-corrected chi connectivity index (χ3v) is 3.76. The summed E-state index contributed by atoms with van der Waals surface area (Å²) in [6.45, 7) is 7.80. The molecule has 140 valence electrons. The van der Waals surface area contributed by atoms with E-state index in [0.29, 0.717) is 11.5 Å². The first-order valence-corrected chi connectivity index (χ1v) is 8.34. The first-order chi connectivity index (χ1) is 13.1. The predicted octanol–water partition coefficient (Wildman–Crippen LogP) is 4.31. The van der Waals surface area contributed by atoms with Crippen LogP contribution in [-0.2, 0) is 11.3 Å². The second-order valence-corrected chi connectivity index (χ2v) is 5.62. The van der Waals surface area contributed by atoms with Gasteiger partial charge in [0.2, 0.25) is 0 Å². The van der Waals surface area contributed by atoms with Gasteiger partial charge in [0.05, 0.1) is 18.4 Å². The molecule has 0 atom stereocenters. The van der Waals surface area contributed by atoms with Crippen molar-refractivity contribution in [3.63, 3.8) is 0 Å². The molecule has 2 aromatic carbocycles. The summed E-state index contributed by atoms with van der Waals surface area (Å²) in [5.74, 6) is 0.281. The maximum Gasteiger partial charge on any atom is 0.340 e. The Labute approximate surface area is 159 Å². The van der Waals surface area contributed by atoms with Crippen LogP contribution in [0.2, 0.25) is 0 Å². The number of allylic oxidation sites excluding steroid dienone is 2. The lowest BCUT2D eigenvalue weighted by atomic mass is 10.1. The molecule has 0 saturated heterocycles. The molecule has 0 aromatic heterocycles. The van der Waals surface area contributed by atoms with Gasteiger partial charge < -0.3 is 19.9 Å². The average molecular weight is 365 g/mol. The quantitative estimate of drug-likeness (QED) is 0.407. The van der Waals surface area contributed by atoms with Gasteiger partial charge in [-0.15, -0.1) is 0 Å². The van der Waals surface area contributed by atoms with Crippen LogP contribution in [0.25, 0.3) is 0 Å². The van der Waals surface area contributed by atoms with E-state index in [4.69, 9.17) is 19.9 Å². The van der Waals surface area contributed by atoms with Crippen LogP contribution < -0.4 is 15.2 Å². The number of benzene rings is 2. The molecule has 2 rings (SSSR count). The highest BCUT2D eigenvalue weighted by Crippen LogP contribution is 2.33. The molecule has 5 nitrogen and oxygen atoms in total. The molecule has 2 N–H and O–H groups in total. The number of rotatable bonds is 9. The number of hydrogen-bond acceptors (Lipinski definition) is 5. The van der Waals surface area contributed by atoms with Gasteiger partial charge in [-0.05, 0) is 11.1 Å². The molecule has 0 saturated carbocycles. The van der Waals surface area contributed by atoms with Crippen LogP contribution in [0.15, 0.2) is 79.4 Å². The second kappa shape index (κ2) is 9.87. The molecule has 27 heavy (non-hydrogen) atoms. The molecule has 0 unspecified atom stereocenters. The Balaban J connectivity index is 2.14. The number of anilines is 1. The van der Waals surface area contributed by atoms with Crippen molar-refractivity contribution in [2.75, 3.05) is 19.5 Å². The molecule has 2 aromatic rings. The zero-order valence-electron chi connectivity index (χ0n) is 15.3.